The fourth-order valence-electron chi connectivity index (χ4n) is 3.09. The standard InChI is InChI=1S/C14H21N5O/c15-14(20)13-12(9-3-5-16-7-9)19-11(8-18-13)6-10-2-1-4-17-10/h8-10,16-17H,1-7H2,(H2,15,20). The molecule has 3 rings (SSSR count). The van der Waals surface area contributed by atoms with Crippen LogP contribution >= 0.6 is 0 Å². The zero-order valence-corrected chi connectivity index (χ0v) is 11.6. The van der Waals surface area contributed by atoms with Crippen LogP contribution < -0.4 is 16.4 Å². The average Bonchev–Trinajstić information content (AvgIpc) is 3.11. The molecule has 6 heteroatoms. The molecule has 0 aliphatic carbocycles. The van der Waals surface area contributed by atoms with E-state index in [0.29, 0.717) is 11.7 Å². The third-order valence-electron chi connectivity index (χ3n) is 4.15. The maximum Gasteiger partial charge on any atom is 0.269 e. The van der Waals surface area contributed by atoms with Crippen molar-refractivity contribution in [1.29, 1.82) is 0 Å². The van der Waals surface area contributed by atoms with Crippen LogP contribution in [0.15, 0.2) is 6.20 Å². The third-order valence-corrected chi connectivity index (χ3v) is 4.15. The molecule has 1 amide bonds. The summed E-state index contributed by atoms with van der Waals surface area (Å²) >= 11 is 0. The van der Waals surface area contributed by atoms with Crippen molar-refractivity contribution in [2.45, 2.75) is 37.6 Å². The Bertz CT molecular complexity index is 492. The number of hydrogen-bond donors (Lipinski definition) is 3. The fraction of sp³-hybridized carbons (Fsp3) is 0.643. The average molecular weight is 275 g/mol. The molecule has 0 radical (unpaired) electrons. The highest BCUT2D eigenvalue weighted by Gasteiger charge is 2.25. The van der Waals surface area contributed by atoms with Crippen LogP contribution in [0.1, 0.15) is 47.1 Å². The van der Waals surface area contributed by atoms with Crippen LogP contribution in [0, 0.1) is 0 Å². The van der Waals surface area contributed by atoms with E-state index in [9.17, 15) is 4.79 Å². The van der Waals surface area contributed by atoms with E-state index in [1.54, 1.807) is 6.20 Å². The molecule has 0 aromatic carbocycles. The number of hydrogen-bond acceptors (Lipinski definition) is 5. The molecule has 3 heterocycles. The molecule has 4 N–H and O–H groups in total. The Morgan fingerprint density at radius 2 is 2.30 bits per heavy atom. The number of carbonyl (C=O) groups excluding carboxylic acids is 1. The number of nitrogens with zero attached hydrogens (tertiary/aromatic N) is 2. The Labute approximate surface area is 118 Å². The SMILES string of the molecule is NC(=O)c1ncc(CC2CCCN2)nc1C1CCNC1. The van der Waals surface area contributed by atoms with E-state index >= 15 is 0 Å². The number of nitrogens with two attached hydrogens (primary N) is 1. The van der Waals surface area contributed by atoms with Crippen molar-refractivity contribution in [3.63, 3.8) is 0 Å². The number of rotatable bonds is 4. The number of amides is 1. The van der Waals surface area contributed by atoms with Crippen LogP contribution in [0.2, 0.25) is 0 Å². The number of nitrogens with one attached hydrogen (secondary N) is 2. The molecule has 0 bridgehead atoms. The highest BCUT2D eigenvalue weighted by Crippen LogP contribution is 2.23. The van der Waals surface area contributed by atoms with E-state index in [1.165, 1.54) is 12.8 Å². The molecular weight excluding hydrogens is 254 g/mol. The quantitative estimate of drug-likeness (QED) is 0.716. The topological polar surface area (TPSA) is 92.9 Å². The van der Waals surface area contributed by atoms with E-state index in [4.69, 9.17) is 10.7 Å². The third kappa shape index (κ3) is 2.81. The van der Waals surface area contributed by atoms with Crippen LogP contribution in [-0.4, -0.2) is 41.6 Å². The Morgan fingerprint density at radius 1 is 1.40 bits per heavy atom. The lowest BCUT2D eigenvalue weighted by Crippen LogP contribution is -2.26. The predicted octanol–water partition coefficient (Wildman–Crippen LogP) is -0.0531. The monoisotopic (exact) mass is 275 g/mol. The van der Waals surface area contributed by atoms with Crippen molar-refractivity contribution in [3.8, 4) is 0 Å². The highest BCUT2D eigenvalue weighted by atomic mass is 16.1. The molecule has 2 aliphatic heterocycles. The maximum atomic E-state index is 11.5. The van der Waals surface area contributed by atoms with Crippen LogP contribution in [0.4, 0.5) is 0 Å². The van der Waals surface area contributed by atoms with Gasteiger partial charge in [0.2, 0.25) is 0 Å². The van der Waals surface area contributed by atoms with E-state index < -0.39 is 5.91 Å². The first-order chi connectivity index (χ1) is 9.74. The van der Waals surface area contributed by atoms with E-state index in [1.807, 2.05) is 0 Å². The minimum absolute atomic E-state index is 0.251. The van der Waals surface area contributed by atoms with Crippen LogP contribution in [0.25, 0.3) is 0 Å². The fourth-order valence-corrected chi connectivity index (χ4v) is 3.09. The number of aromatic nitrogens is 2. The van der Waals surface area contributed by atoms with Crippen LogP contribution in [-0.2, 0) is 6.42 Å². The van der Waals surface area contributed by atoms with Crippen molar-refractivity contribution in [1.82, 2.24) is 20.6 Å². The summed E-state index contributed by atoms with van der Waals surface area (Å²) < 4.78 is 0. The summed E-state index contributed by atoms with van der Waals surface area (Å²) in [4.78, 5) is 20.5. The van der Waals surface area contributed by atoms with Crippen molar-refractivity contribution in [2.75, 3.05) is 19.6 Å². The number of carbonyl (C=O) groups is 1. The van der Waals surface area contributed by atoms with Crippen molar-refractivity contribution in [2.24, 2.45) is 5.73 Å². The zero-order chi connectivity index (χ0) is 13.9. The van der Waals surface area contributed by atoms with E-state index in [-0.39, 0.29) is 5.92 Å². The normalized spacial score (nSPS) is 26.0. The van der Waals surface area contributed by atoms with Crippen LogP contribution in [0.3, 0.4) is 0 Å². The molecule has 20 heavy (non-hydrogen) atoms. The molecule has 2 saturated heterocycles. The molecule has 2 atom stereocenters. The van der Waals surface area contributed by atoms with E-state index in [2.05, 4.69) is 15.6 Å². The molecule has 1 aromatic heterocycles. The minimum atomic E-state index is -0.482. The van der Waals surface area contributed by atoms with Crippen molar-refractivity contribution in [3.05, 3.63) is 23.3 Å². The maximum absolute atomic E-state index is 11.5. The predicted molar refractivity (Wildman–Crippen MR) is 75.5 cm³/mol. The van der Waals surface area contributed by atoms with Gasteiger partial charge in [0.25, 0.3) is 5.91 Å². The van der Waals surface area contributed by atoms with Crippen molar-refractivity contribution < 1.29 is 4.79 Å². The van der Waals surface area contributed by atoms with Crippen LogP contribution in [0.5, 0.6) is 0 Å². The second-order valence-electron chi connectivity index (χ2n) is 5.65. The first-order valence-electron chi connectivity index (χ1n) is 7.34. The lowest BCUT2D eigenvalue weighted by molar-refractivity contribution is 0.0993. The van der Waals surface area contributed by atoms with Gasteiger partial charge in [0.05, 0.1) is 11.4 Å². The summed E-state index contributed by atoms with van der Waals surface area (Å²) in [6.07, 6.45) is 5.96. The summed E-state index contributed by atoms with van der Waals surface area (Å²) in [7, 11) is 0. The lowest BCUT2D eigenvalue weighted by Gasteiger charge is -2.14. The lowest BCUT2D eigenvalue weighted by atomic mass is 10.0. The van der Waals surface area contributed by atoms with Gasteiger partial charge in [0.1, 0.15) is 5.69 Å². The molecule has 2 unspecified atom stereocenters. The Hall–Kier alpha value is -1.53. The molecule has 0 saturated carbocycles. The molecule has 0 spiro atoms. The van der Waals surface area contributed by atoms with Gasteiger partial charge in [-0.15, -0.1) is 0 Å². The molecule has 2 fully saturated rings. The van der Waals surface area contributed by atoms with Gasteiger partial charge in [-0.25, -0.2) is 4.98 Å². The molecular formula is C14H21N5O. The Morgan fingerprint density at radius 3 is 2.95 bits per heavy atom. The zero-order valence-electron chi connectivity index (χ0n) is 11.6. The second kappa shape index (κ2) is 5.85. The molecule has 108 valence electrons. The highest BCUT2D eigenvalue weighted by molar-refractivity contribution is 5.92. The second-order valence-corrected chi connectivity index (χ2v) is 5.65. The first kappa shape index (κ1) is 13.5. The van der Waals surface area contributed by atoms with Gasteiger partial charge in [-0.2, -0.15) is 0 Å². The van der Waals surface area contributed by atoms with Gasteiger partial charge < -0.3 is 16.4 Å². The summed E-state index contributed by atoms with van der Waals surface area (Å²) in [6.45, 7) is 2.88. The van der Waals surface area contributed by atoms with Gasteiger partial charge in [-0.3, -0.25) is 9.78 Å². The van der Waals surface area contributed by atoms with Gasteiger partial charge in [-0.1, -0.05) is 0 Å². The number of primary amides is 1. The Balaban J connectivity index is 1.84. The summed E-state index contributed by atoms with van der Waals surface area (Å²) in [5, 5.41) is 6.76. The van der Waals surface area contributed by atoms with Crippen molar-refractivity contribution >= 4 is 5.91 Å². The summed E-state index contributed by atoms with van der Waals surface area (Å²) in [6, 6.07) is 0.485. The molecule has 2 aliphatic rings. The summed E-state index contributed by atoms with van der Waals surface area (Å²) in [5.74, 6) is -0.230. The van der Waals surface area contributed by atoms with Gasteiger partial charge >= 0.3 is 0 Å². The molecule has 6 nitrogen and oxygen atoms in total. The largest absolute Gasteiger partial charge is 0.364 e. The molecule has 1 aromatic rings. The van der Waals surface area contributed by atoms with Gasteiger partial charge in [0, 0.05) is 31.1 Å². The van der Waals surface area contributed by atoms with Gasteiger partial charge in [0.15, 0.2) is 0 Å². The van der Waals surface area contributed by atoms with E-state index in [0.717, 1.165) is 43.9 Å². The first-order valence-corrected chi connectivity index (χ1v) is 7.34. The smallest absolute Gasteiger partial charge is 0.269 e. The van der Waals surface area contributed by atoms with Gasteiger partial charge in [-0.05, 0) is 32.4 Å². The minimum Gasteiger partial charge on any atom is -0.364 e. The Kier molecular flexibility index (Phi) is 3.93. The summed E-state index contributed by atoms with van der Waals surface area (Å²) in [5.41, 5.74) is 7.49.